The number of carbonyl (C=O) groups excluding carboxylic acids is 1. The molecule has 0 heterocycles. The highest BCUT2D eigenvalue weighted by molar-refractivity contribution is 6.03. The number of hydrogen-bond donors (Lipinski definition) is 0. The quantitative estimate of drug-likeness (QED) is 0.633. The third-order valence-corrected chi connectivity index (χ3v) is 1.78. The van der Waals surface area contributed by atoms with Crippen LogP contribution in [0.15, 0.2) is 11.3 Å². The van der Waals surface area contributed by atoms with Gasteiger partial charge in [0, 0.05) is 5.57 Å². The van der Waals surface area contributed by atoms with Crippen LogP contribution < -0.4 is 0 Å². The first-order valence-corrected chi connectivity index (χ1v) is 4.38. The Labute approximate surface area is 73.6 Å². The van der Waals surface area contributed by atoms with Crippen molar-refractivity contribution in [3.8, 4) is 0 Å². The Balaban J connectivity index is 2.66. The van der Waals surface area contributed by atoms with Crippen molar-refractivity contribution in [3.63, 3.8) is 0 Å². The summed E-state index contributed by atoms with van der Waals surface area (Å²) in [7, 11) is 0. The molecule has 2 heteroatoms. The molecule has 2 nitrogen and oxygen atoms in total. The Morgan fingerprint density at radius 1 is 1.42 bits per heavy atom. The maximum Gasteiger partial charge on any atom is 0.169 e. The molecule has 0 amide bonds. The number of hydrogen-bond acceptors (Lipinski definition) is 2. The van der Waals surface area contributed by atoms with Gasteiger partial charge in [-0.2, -0.15) is 0 Å². The smallest absolute Gasteiger partial charge is 0.169 e. The van der Waals surface area contributed by atoms with Gasteiger partial charge in [-0.3, -0.25) is 4.79 Å². The molecule has 0 saturated heterocycles. The molecule has 12 heavy (non-hydrogen) atoms. The summed E-state index contributed by atoms with van der Waals surface area (Å²) < 4.78 is 5.61. The lowest BCUT2D eigenvalue weighted by Crippen LogP contribution is -2.27. The highest BCUT2D eigenvalue weighted by Crippen LogP contribution is 2.30. The van der Waals surface area contributed by atoms with E-state index in [1.165, 1.54) is 0 Å². The van der Waals surface area contributed by atoms with Crippen LogP contribution in [0.5, 0.6) is 0 Å². The Hall–Kier alpha value is -0.790. The lowest BCUT2D eigenvalue weighted by atomic mass is 9.92. The van der Waals surface area contributed by atoms with Crippen LogP contribution in [-0.2, 0) is 9.53 Å². The molecule has 1 rings (SSSR count). The normalized spacial score (nSPS) is 17.8. The number of ketones is 1. The van der Waals surface area contributed by atoms with Crippen LogP contribution in [0.2, 0.25) is 0 Å². The molecule has 1 aliphatic rings. The molecule has 0 aromatic carbocycles. The van der Waals surface area contributed by atoms with E-state index >= 15 is 0 Å². The number of ether oxygens (including phenoxy) is 1. The van der Waals surface area contributed by atoms with E-state index in [4.69, 9.17) is 4.74 Å². The fourth-order valence-electron chi connectivity index (χ4n) is 1.27. The summed E-state index contributed by atoms with van der Waals surface area (Å²) in [5, 5.41) is 0. The number of allylic oxidation sites excluding steroid dienone is 2. The molecule has 0 bridgehead atoms. The lowest BCUT2D eigenvalue weighted by molar-refractivity contribution is -0.119. The largest absolute Gasteiger partial charge is 0.492 e. The van der Waals surface area contributed by atoms with Gasteiger partial charge >= 0.3 is 0 Å². The van der Waals surface area contributed by atoms with E-state index in [-0.39, 0.29) is 11.4 Å². The molecule has 0 aliphatic heterocycles. The van der Waals surface area contributed by atoms with Crippen molar-refractivity contribution in [2.45, 2.75) is 46.1 Å². The Bertz CT molecular complexity index is 231. The van der Waals surface area contributed by atoms with Gasteiger partial charge in [0.05, 0.1) is 6.42 Å². The maximum atomic E-state index is 11.0. The second-order valence-electron chi connectivity index (χ2n) is 4.07. The van der Waals surface area contributed by atoms with Crippen molar-refractivity contribution in [3.05, 3.63) is 11.3 Å². The molecule has 0 fully saturated rings. The molecular formula is C10H16O2. The predicted octanol–water partition coefficient (Wildman–Crippen LogP) is 2.44. The highest BCUT2D eigenvalue weighted by Gasteiger charge is 2.29. The molecule has 1 aliphatic carbocycles. The van der Waals surface area contributed by atoms with Gasteiger partial charge in [0.1, 0.15) is 11.4 Å². The van der Waals surface area contributed by atoms with Crippen LogP contribution in [0.4, 0.5) is 0 Å². The van der Waals surface area contributed by atoms with Crippen molar-refractivity contribution >= 4 is 5.78 Å². The lowest BCUT2D eigenvalue weighted by Gasteiger charge is -2.29. The summed E-state index contributed by atoms with van der Waals surface area (Å²) in [6, 6.07) is 0. The summed E-state index contributed by atoms with van der Waals surface area (Å²) in [6.07, 6.45) is 1.30. The second-order valence-corrected chi connectivity index (χ2v) is 4.07. The molecule has 0 spiro atoms. The van der Waals surface area contributed by atoms with Gasteiger partial charge in [0.15, 0.2) is 5.78 Å². The van der Waals surface area contributed by atoms with Crippen molar-refractivity contribution in [2.75, 3.05) is 0 Å². The van der Waals surface area contributed by atoms with Crippen molar-refractivity contribution in [2.24, 2.45) is 0 Å². The third kappa shape index (κ3) is 1.87. The van der Waals surface area contributed by atoms with Gasteiger partial charge in [-0.05, 0) is 27.2 Å². The van der Waals surface area contributed by atoms with E-state index in [0.29, 0.717) is 6.42 Å². The standard InChI is InChI=1S/C10H16O2/c1-5-7-8(11)6-9(7)12-10(2,3)4/h5-6H2,1-4H3. The van der Waals surface area contributed by atoms with Crippen LogP contribution >= 0.6 is 0 Å². The maximum absolute atomic E-state index is 11.0. The zero-order valence-corrected chi connectivity index (χ0v) is 8.23. The summed E-state index contributed by atoms with van der Waals surface area (Å²) in [5.41, 5.74) is 0.709. The van der Waals surface area contributed by atoms with Crippen molar-refractivity contribution in [1.82, 2.24) is 0 Å². The van der Waals surface area contributed by atoms with Gasteiger partial charge in [-0.1, -0.05) is 6.92 Å². The predicted molar refractivity (Wildman–Crippen MR) is 47.8 cm³/mol. The average molecular weight is 168 g/mol. The molecule has 0 aromatic heterocycles. The van der Waals surface area contributed by atoms with Crippen molar-refractivity contribution in [1.29, 1.82) is 0 Å². The van der Waals surface area contributed by atoms with Gasteiger partial charge in [0.25, 0.3) is 0 Å². The second kappa shape index (κ2) is 2.92. The Morgan fingerprint density at radius 2 is 2.00 bits per heavy atom. The number of Topliss-reactive ketones (excluding diaryl/α,β-unsaturated/α-hetero) is 1. The van der Waals surface area contributed by atoms with E-state index in [0.717, 1.165) is 17.8 Å². The van der Waals surface area contributed by atoms with Crippen LogP contribution in [0.1, 0.15) is 40.5 Å². The molecular weight excluding hydrogens is 152 g/mol. The zero-order chi connectivity index (χ0) is 9.35. The fraction of sp³-hybridized carbons (Fsp3) is 0.700. The van der Waals surface area contributed by atoms with Crippen LogP contribution in [-0.4, -0.2) is 11.4 Å². The summed E-state index contributed by atoms with van der Waals surface area (Å²) >= 11 is 0. The molecule has 0 N–H and O–H groups in total. The minimum atomic E-state index is -0.170. The topological polar surface area (TPSA) is 26.3 Å². The molecule has 0 aromatic rings. The van der Waals surface area contributed by atoms with Gasteiger partial charge in [-0.15, -0.1) is 0 Å². The monoisotopic (exact) mass is 168 g/mol. The molecule has 0 unspecified atom stereocenters. The first kappa shape index (κ1) is 9.30. The molecule has 0 radical (unpaired) electrons. The van der Waals surface area contributed by atoms with E-state index in [1.807, 2.05) is 27.7 Å². The van der Waals surface area contributed by atoms with E-state index < -0.39 is 0 Å². The SMILES string of the molecule is CCC1=C(OC(C)(C)C)CC1=O. The Morgan fingerprint density at radius 3 is 2.33 bits per heavy atom. The number of carbonyl (C=O) groups is 1. The first-order valence-electron chi connectivity index (χ1n) is 4.38. The first-order chi connectivity index (χ1) is 5.44. The Kier molecular flexibility index (Phi) is 2.27. The average Bonchev–Trinajstić information content (AvgIpc) is 1.84. The van der Waals surface area contributed by atoms with Crippen molar-refractivity contribution < 1.29 is 9.53 Å². The number of rotatable bonds is 2. The van der Waals surface area contributed by atoms with Gasteiger partial charge in [-0.25, -0.2) is 0 Å². The minimum absolute atomic E-state index is 0.170. The van der Waals surface area contributed by atoms with Gasteiger partial charge in [0.2, 0.25) is 0 Å². The van der Waals surface area contributed by atoms with E-state index in [9.17, 15) is 4.79 Å². The van der Waals surface area contributed by atoms with Crippen LogP contribution in [0, 0.1) is 0 Å². The minimum Gasteiger partial charge on any atom is -0.492 e. The molecule has 68 valence electrons. The third-order valence-electron chi connectivity index (χ3n) is 1.78. The molecule has 0 saturated carbocycles. The zero-order valence-electron chi connectivity index (χ0n) is 8.23. The molecule has 0 atom stereocenters. The summed E-state index contributed by atoms with van der Waals surface area (Å²) in [5.74, 6) is 1.15. The highest BCUT2D eigenvalue weighted by atomic mass is 16.5. The van der Waals surface area contributed by atoms with Crippen LogP contribution in [0.3, 0.4) is 0 Å². The van der Waals surface area contributed by atoms with E-state index in [1.54, 1.807) is 0 Å². The van der Waals surface area contributed by atoms with Gasteiger partial charge < -0.3 is 4.74 Å². The van der Waals surface area contributed by atoms with Crippen LogP contribution in [0.25, 0.3) is 0 Å². The van der Waals surface area contributed by atoms with E-state index in [2.05, 4.69) is 0 Å². The summed E-state index contributed by atoms with van der Waals surface area (Å²) in [6.45, 7) is 7.97. The summed E-state index contributed by atoms with van der Waals surface area (Å²) in [4.78, 5) is 11.0. The fourth-order valence-corrected chi connectivity index (χ4v) is 1.27.